The first-order chi connectivity index (χ1) is 8.67. The Morgan fingerprint density at radius 2 is 2.00 bits per heavy atom. The molecule has 0 spiro atoms. The Labute approximate surface area is 107 Å². The number of halogens is 2. The Balaban J connectivity index is 2.49. The van der Waals surface area contributed by atoms with Crippen molar-refractivity contribution in [3.8, 4) is 5.75 Å². The van der Waals surface area contributed by atoms with E-state index in [4.69, 9.17) is 4.74 Å². The summed E-state index contributed by atoms with van der Waals surface area (Å²) in [6.07, 6.45) is 3.06. The molecule has 4 heteroatoms. The lowest BCUT2D eigenvalue weighted by atomic mass is 10.2. The third kappa shape index (κ3) is 5.00. The van der Waals surface area contributed by atoms with Crippen LogP contribution in [-0.2, 0) is 0 Å². The minimum absolute atomic E-state index is 0.107. The van der Waals surface area contributed by atoms with Crippen molar-refractivity contribution in [2.45, 2.75) is 39.2 Å². The van der Waals surface area contributed by atoms with Crippen LogP contribution in [0.1, 0.15) is 33.1 Å². The first kappa shape index (κ1) is 14.9. The van der Waals surface area contributed by atoms with Gasteiger partial charge in [-0.3, -0.25) is 0 Å². The standard InChI is InChI=1S/C14H21F2NO/c1-3-5-12(17-8-4-2)10-18-14-7-6-11(15)9-13(14)16/h6-7,9,12,17H,3-5,8,10H2,1-2H3. The summed E-state index contributed by atoms with van der Waals surface area (Å²) in [7, 11) is 0. The topological polar surface area (TPSA) is 21.3 Å². The number of ether oxygens (including phenoxy) is 1. The summed E-state index contributed by atoms with van der Waals surface area (Å²) < 4.78 is 31.5. The molecule has 1 rings (SSSR count). The van der Waals surface area contributed by atoms with Gasteiger partial charge in [0.2, 0.25) is 0 Å². The van der Waals surface area contributed by atoms with E-state index in [1.165, 1.54) is 12.1 Å². The molecule has 0 aromatic heterocycles. The first-order valence-corrected chi connectivity index (χ1v) is 6.48. The van der Waals surface area contributed by atoms with E-state index in [0.717, 1.165) is 31.9 Å². The average Bonchev–Trinajstić information content (AvgIpc) is 2.34. The summed E-state index contributed by atoms with van der Waals surface area (Å²) in [6.45, 7) is 5.51. The number of hydrogen-bond donors (Lipinski definition) is 1. The second-order valence-electron chi connectivity index (χ2n) is 4.33. The SMILES string of the molecule is CCCNC(CCC)COc1ccc(F)cc1F. The fourth-order valence-corrected chi connectivity index (χ4v) is 1.72. The smallest absolute Gasteiger partial charge is 0.167 e. The number of nitrogens with one attached hydrogen (secondary N) is 1. The molecule has 1 N–H and O–H groups in total. The molecule has 0 fully saturated rings. The maximum atomic E-state index is 13.4. The zero-order chi connectivity index (χ0) is 13.4. The van der Waals surface area contributed by atoms with E-state index in [0.29, 0.717) is 6.61 Å². The van der Waals surface area contributed by atoms with E-state index < -0.39 is 11.6 Å². The van der Waals surface area contributed by atoms with Crippen LogP contribution in [0.3, 0.4) is 0 Å². The summed E-state index contributed by atoms with van der Waals surface area (Å²) in [5.41, 5.74) is 0. The molecule has 1 unspecified atom stereocenters. The molecule has 0 saturated carbocycles. The van der Waals surface area contributed by atoms with Gasteiger partial charge in [0.25, 0.3) is 0 Å². The highest BCUT2D eigenvalue weighted by atomic mass is 19.1. The van der Waals surface area contributed by atoms with Crippen LogP contribution in [0.4, 0.5) is 8.78 Å². The summed E-state index contributed by atoms with van der Waals surface area (Å²) >= 11 is 0. The predicted molar refractivity (Wildman–Crippen MR) is 68.8 cm³/mol. The van der Waals surface area contributed by atoms with E-state index in [9.17, 15) is 8.78 Å². The van der Waals surface area contributed by atoms with Crippen molar-refractivity contribution in [3.05, 3.63) is 29.8 Å². The summed E-state index contributed by atoms with van der Waals surface area (Å²) in [5.74, 6) is -1.13. The van der Waals surface area contributed by atoms with Crippen LogP contribution in [0.15, 0.2) is 18.2 Å². The lowest BCUT2D eigenvalue weighted by molar-refractivity contribution is 0.246. The highest BCUT2D eigenvalue weighted by Gasteiger charge is 2.10. The van der Waals surface area contributed by atoms with Crippen molar-refractivity contribution in [2.24, 2.45) is 0 Å². The maximum absolute atomic E-state index is 13.4. The van der Waals surface area contributed by atoms with Crippen molar-refractivity contribution in [1.82, 2.24) is 5.32 Å². The van der Waals surface area contributed by atoms with Crippen LogP contribution in [0, 0.1) is 11.6 Å². The zero-order valence-electron chi connectivity index (χ0n) is 11.0. The second kappa shape index (κ2) is 8.03. The van der Waals surface area contributed by atoms with Gasteiger partial charge in [-0.05, 0) is 31.5 Å². The van der Waals surface area contributed by atoms with Crippen LogP contribution in [-0.4, -0.2) is 19.2 Å². The largest absolute Gasteiger partial charge is 0.489 e. The van der Waals surface area contributed by atoms with Crippen molar-refractivity contribution in [3.63, 3.8) is 0 Å². The Kier molecular flexibility index (Phi) is 6.65. The van der Waals surface area contributed by atoms with Gasteiger partial charge in [0.15, 0.2) is 11.6 Å². The molecule has 102 valence electrons. The number of rotatable bonds is 8. The van der Waals surface area contributed by atoms with Gasteiger partial charge in [-0.1, -0.05) is 20.3 Å². The minimum atomic E-state index is -0.652. The average molecular weight is 257 g/mol. The molecule has 0 radical (unpaired) electrons. The van der Waals surface area contributed by atoms with Gasteiger partial charge in [-0.2, -0.15) is 0 Å². The van der Waals surface area contributed by atoms with Crippen molar-refractivity contribution in [2.75, 3.05) is 13.2 Å². The normalized spacial score (nSPS) is 12.4. The lowest BCUT2D eigenvalue weighted by Gasteiger charge is -2.18. The zero-order valence-corrected chi connectivity index (χ0v) is 11.0. The van der Waals surface area contributed by atoms with Gasteiger partial charge < -0.3 is 10.1 Å². The fraction of sp³-hybridized carbons (Fsp3) is 0.571. The molecule has 0 amide bonds. The Hall–Kier alpha value is -1.16. The Morgan fingerprint density at radius 1 is 1.22 bits per heavy atom. The van der Waals surface area contributed by atoms with Crippen LogP contribution < -0.4 is 10.1 Å². The van der Waals surface area contributed by atoms with E-state index in [-0.39, 0.29) is 11.8 Å². The van der Waals surface area contributed by atoms with Crippen LogP contribution in [0.25, 0.3) is 0 Å². The third-order valence-electron chi connectivity index (χ3n) is 2.65. The molecule has 0 aliphatic heterocycles. The van der Waals surface area contributed by atoms with Gasteiger partial charge in [0, 0.05) is 12.1 Å². The van der Waals surface area contributed by atoms with Gasteiger partial charge in [-0.15, -0.1) is 0 Å². The number of hydrogen-bond acceptors (Lipinski definition) is 2. The summed E-state index contributed by atoms with van der Waals surface area (Å²) in [5, 5.41) is 3.35. The van der Waals surface area contributed by atoms with Crippen LogP contribution >= 0.6 is 0 Å². The van der Waals surface area contributed by atoms with Crippen molar-refractivity contribution < 1.29 is 13.5 Å². The lowest BCUT2D eigenvalue weighted by Crippen LogP contribution is -2.35. The van der Waals surface area contributed by atoms with E-state index in [2.05, 4.69) is 19.2 Å². The van der Waals surface area contributed by atoms with Crippen LogP contribution in [0.2, 0.25) is 0 Å². The molecule has 0 saturated heterocycles. The molecule has 18 heavy (non-hydrogen) atoms. The van der Waals surface area contributed by atoms with Gasteiger partial charge in [0.05, 0.1) is 0 Å². The van der Waals surface area contributed by atoms with Crippen molar-refractivity contribution >= 4 is 0 Å². The van der Waals surface area contributed by atoms with E-state index in [1.54, 1.807) is 0 Å². The molecule has 1 aromatic rings. The van der Waals surface area contributed by atoms with Gasteiger partial charge in [0.1, 0.15) is 12.4 Å². The third-order valence-corrected chi connectivity index (χ3v) is 2.65. The molecule has 1 atom stereocenters. The highest BCUT2D eigenvalue weighted by Crippen LogP contribution is 2.18. The van der Waals surface area contributed by atoms with E-state index >= 15 is 0 Å². The molecule has 2 nitrogen and oxygen atoms in total. The summed E-state index contributed by atoms with van der Waals surface area (Å²) in [4.78, 5) is 0. The molecule has 1 aromatic carbocycles. The monoisotopic (exact) mass is 257 g/mol. The minimum Gasteiger partial charge on any atom is -0.489 e. The van der Waals surface area contributed by atoms with Crippen molar-refractivity contribution in [1.29, 1.82) is 0 Å². The Bertz CT molecular complexity index is 358. The Morgan fingerprint density at radius 3 is 2.61 bits per heavy atom. The summed E-state index contributed by atoms with van der Waals surface area (Å²) in [6, 6.07) is 3.57. The molecule has 0 heterocycles. The maximum Gasteiger partial charge on any atom is 0.167 e. The van der Waals surface area contributed by atoms with E-state index in [1.807, 2.05) is 0 Å². The number of benzene rings is 1. The quantitative estimate of drug-likeness (QED) is 0.769. The molecule has 0 aliphatic carbocycles. The second-order valence-corrected chi connectivity index (χ2v) is 4.33. The molecule has 0 aliphatic rings. The van der Waals surface area contributed by atoms with Gasteiger partial charge in [-0.25, -0.2) is 8.78 Å². The first-order valence-electron chi connectivity index (χ1n) is 6.48. The highest BCUT2D eigenvalue weighted by molar-refractivity contribution is 5.24. The molecule has 0 bridgehead atoms. The fourth-order valence-electron chi connectivity index (χ4n) is 1.72. The molecular weight excluding hydrogens is 236 g/mol. The molecular formula is C14H21F2NO. The van der Waals surface area contributed by atoms with Gasteiger partial charge >= 0.3 is 0 Å². The van der Waals surface area contributed by atoms with Crippen LogP contribution in [0.5, 0.6) is 5.75 Å². The predicted octanol–water partition coefficient (Wildman–Crippen LogP) is 3.51.